The molecular weight excluding hydrogens is 378 g/mol. The van der Waals surface area contributed by atoms with Crippen LogP contribution in [0.2, 0.25) is 0 Å². The van der Waals surface area contributed by atoms with E-state index in [0.717, 1.165) is 30.5 Å². The quantitative estimate of drug-likeness (QED) is 0.259. The number of isothiocyanates is 2. The maximum Gasteiger partial charge on any atom is 0.0671 e. The van der Waals surface area contributed by atoms with Gasteiger partial charge in [0.1, 0.15) is 0 Å². The van der Waals surface area contributed by atoms with Gasteiger partial charge in [0.05, 0.1) is 23.4 Å². The number of aliphatic imine (C=N–C) groups is 2. The molecule has 0 unspecified atom stereocenters. The maximum absolute atomic E-state index is 5.09. The molecule has 0 spiro atoms. The van der Waals surface area contributed by atoms with Gasteiger partial charge in [-0.05, 0) is 55.0 Å². The summed E-state index contributed by atoms with van der Waals surface area (Å²) in [4.78, 5) is 8.21. The van der Waals surface area contributed by atoms with Crippen molar-refractivity contribution in [2.75, 3.05) is 19.6 Å². The van der Waals surface area contributed by atoms with Crippen molar-refractivity contribution in [2.45, 2.75) is 25.7 Å². The summed E-state index contributed by atoms with van der Waals surface area (Å²) in [5.41, 5.74) is 4.91. The molecule has 0 atom stereocenters. The molecule has 0 aromatic heterocycles. The van der Waals surface area contributed by atoms with Crippen molar-refractivity contribution < 1.29 is 0 Å². The number of rotatable bonds is 11. The van der Waals surface area contributed by atoms with Crippen LogP contribution in [0.5, 0.6) is 0 Å². The fourth-order valence-corrected chi connectivity index (χ4v) is 1.24. The second-order valence-electron chi connectivity index (χ2n) is 4.16. The van der Waals surface area contributed by atoms with E-state index in [2.05, 4.69) is 77.6 Å². The molecule has 144 valence electrons. The summed E-state index contributed by atoms with van der Waals surface area (Å²) in [6.45, 7) is 19.2. The monoisotopic (exact) mass is 409 g/mol. The van der Waals surface area contributed by atoms with E-state index in [1.54, 1.807) is 18.2 Å². The highest BCUT2D eigenvalue weighted by Crippen LogP contribution is 2.01. The second-order valence-corrected chi connectivity index (χ2v) is 5.10. The molecule has 0 radical (unpaired) electrons. The molecule has 26 heavy (non-hydrogen) atoms. The van der Waals surface area contributed by atoms with Gasteiger partial charge in [-0.25, -0.2) is 9.98 Å². The molecule has 0 fully saturated rings. The van der Waals surface area contributed by atoms with Gasteiger partial charge < -0.3 is 5.73 Å². The van der Waals surface area contributed by atoms with E-state index in [0.29, 0.717) is 19.6 Å². The Morgan fingerprint density at radius 3 is 1.27 bits per heavy atom. The Morgan fingerprint density at radius 2 is 1.12 bits per heavy atom. The van der Waals surface area contributed by atoms with Gasteiger partial charge in [-0.15, -0.1) is 32.9 Å². The fourth-order valence-electron chi connectivity index (χ4n) is 0.855. The van der Waals surface area contributed by atoms with Crippen molar-refractivity contribution in [1.82, 2.24) is 0 Å². The molecule has 0 amide bonds. The maximum atomic E-state index is 5.09. The lowest BCUT2D eigenvalue weighted by molar-refractivity contribution is 1.03. The van der Waals surface area contributed by atoms with E-state index in [1.165, 1.54) is 0 Å². The summed E-state index contributed by atoms with van der Waals surface area (Å²) >= 11 is 13.6. The molecular formula is C20H31N3S3. The van der Waals surface area contributed by atoms with Crippen LogP contribution in [0, 0.1) is 0 Å². The summed E-state index contributed by atoms with van der Waals surface area (Å²) in [5.74, 6) is 0. The van der Waals surface area contributed by atoms with E-state index in [1.807, 2.05) is 12.2 Å². The van der Waals surface area contributed by atoms with Crippen LogP contribution >= 0.6 is 36.7 Å². The second kappa shape index (κ2) is 38.7. The van der Waals surface area contributed by atoms with E-state index >= 15 is 0 Å². The molecule has 0 saturated heterocycles. The molecule has 3 nitrogen and oxygen atoms in total. The van der Waals surface area contributed by atoms with Gasteiger partial charge in [0.25, 0.3) is 0 Å². The normalized spacial score (nSPS) is 7.12. The molecule has 0 aliphatic rings. The van der Waals surface area contributed by atoms with Crippen molar-refractivity contribution in [2.24, 2.45) is 15.7 Å². The average molecular weight is 410 g/mol. The summed E-state index contributed by atoms with van der Waals surface area (Å²) in [6, 6.07) is 0. The van der Waals surface area contributed by atoms with Crippen LogP contribution in [0.15, 0.2) is 73.3 Å². The fraction of sp³-hybridized carbons (Fsp3) is 0.350. The highest BCUT2D eigenvalue weighted by atomic mass is 32.1. The van der Waals surface area contributed by atoms with Gasteiger partial charge in [-0.3, -0.25) is 0 Å². The number of hydrogen-bond donors (Lipinski definition) is 1. The largest absolute Gasteiger partial charge is 0.327 e. The molecule has 0 aliphatic heterocycles. The zero-order valence-corrected chi connectivity index (χ0v) is 18.0. The first-order valence-corrected chi connectivity index (χ1v) is 9.11. The van der Waals surface area contributed by atoms with E-state index < -0.39 is 0 Å². The predicted octanol–water partition coefficient (Wildman–Crippen LogP) is 5.97. The van der Waals surface area contributed by atoms with Crippen LogP contribution in [-0.2, 0) is 0 Å². The minimum Gasteiger partial charge on any atom is -0.327 e. The first-order valence-electron chi connectivity index (χ1n) is 7.89. The van der Waals surface area contributed by atoms with Crippen molar-refractivity contribution >= 4 is 51.8 Å². The number of nitrogens with two attached hydrogens (primary N) is 1. The highest BCUT2D eigenvalue weighted by molar-refractivity contribution is 7.80. The third-order valence-electron chi connectivity index (χ3n) is 1.99. The molecule has 0 saturated carbocycles. The summed E-state index contributed by atoms with van der Waals surface area (Å²) < 4.78 is 0. The minimum atomic E-state index is 0.583. The van der Waals surface area contributed by atoms with Gasteiger partial charge in [-0.2, -0.15) is 0 Å². The number of allylic oxidation sites excluding steroid dienone is 2. The first-order chi connectivity index (χ1) is 12.6. The standard InChI is InChI=1S/C9H14S.2C4H5NS.C3H7N/c1-3-5-7-9(10)8-6-4-2;2*1-2-3-5-4-6;1-2-3-4/h3-4H,1-2,5-8H2;2*2H,1,3H2;2H,1,3-4H2. The Balaban J connectivity index is -0.000000132. The summed E-state index contributed by atoms with van der Waals surface area (Å²) in [5, 5.41) is 4.41. The molecule has 0 rings (SSSR count). The Hall–Kier alpha value is -1.65. The molecule has 0 aromatic rings. The van der Waals surface area contributed by atoms with Crippen LogP contribution in [-0.4, -0.2) is 34.8 Å². The Bertz CT molecular complexity index is 435. The van der Waals surface area contributed by atoms with Crippen LogP contribution in [0.3, 0.4) is 0 Å². The van der Waals surface area contributed by atoms with Crippen molar-refractivity contribution in [3.63, 3.8) is 0 Å². The zero-order valence-electron chi connectivity index (χ0n) is 15.6. The third kappa shape index (κ3) is 57.2. The average Bonchev–Trinajstić information content (AvgIpc) is 2.68. The molecule has 2 N–H and O–H groups in total. The lowest BCUT2D eigenvalue weighted by Gasteiger charge is -1.96. The SMILES string of the molecule is C=CCCC(=S)CCC=C.C=CCN.C=CCN=C=S.C=CCN=C=S. The van der Waals surface area contributed by atoms with Crippen molar-refractivity contribution in [3.05, 3.63) is 63.3 Å². The molecule has 0 aromatic carbocycles. The topological polar surface area (TPSA) is 50.7 Å². The molecule has 0 bridgehead atoms. The smallest absolute Gasteiger partial charge is 0.0671 e. The van der Waals surface area contributed by atoms with Crippen LogP contribution in [0.4, 0.5) is 0 Å². The van der Waals surface area contributed by atoms with Crippen LogP contribution < -0.4 is 5.73 Å². The van der Waals surface area contributed by atoms with Gasteiger partial charge in [0.15, 0.2) is 0 Å². The molecule has 6 heteroatoms. The molecule has 0 heterocycles. The Labute approximate surface area is 175 Å². The van der Waals surface area contributed by atoms with E-state index in [4.69, 9.17) is 18.0 Å². The van der Waals surface area contributed by atoms with Crippen molar-refractivity contribution in [3.8, 4) is 0 Å². The summed E-state index contributed by atoms with van der Waals surface area (Å²) in [7, 11) is 0. The van der Waals surface area contributed by atoms with Crippen molar-refractivity contribution in [1.29, 1.82) is 0 Å². The van der Waals surface area contributed by atoms with E-state index in [-0.39, 0.29) is 0 Å². The Kier molecular flexibility index (Phi) is 47.8. The number of hydrogen-bond acceptors (Lipinski definition) is 6. The van der Waals surface area contributed by atoms with Gasteiger partial charge in [0.2, 0.25) is 0 Å². The predicted molar refractivity (Wildman–Crippen MR) is 131 cm³/mol. The Morgan fingerprint density at radius 1 is 0.769 bits per heavy atom. The van der Waals surface area contributed by atoms with Crippen LogP contribution in [0.1, 0.15) is 25.7 Å². The van der Waals surface area contributed by atoms with E-state index in [9.17, 15) is 0 Å². The lowest BCUT2D eigenvalue weighted by atomic mass is 10.1. The number of thiocarbonyl (C=S) groups is 3. The first kappa shape index (κ1) is 32.1. The van der Waals surface area contributed by atoms with Gasteiger partial charge >= 0.3 is 0 Å². The zero-order chi connectivity index (χ0) is 20.9. The summed E-state index contributed by atoms with van der Waals surface area (Å²) in [6.07, 6.45) is 12.8. The highest BCUT2D eigenvalue weighted by Gasteiger charge is 1.92. The third-order valence-corrected chi connectivity index (χ3v) is 2.66. The van der Waals surface area contributed by atoms with Gasteiger partial charge in [-0.1, -0.05) is 42.6 Å². The molecule has 0 aliphatic carbocycles. The van der Waals surface area contributed by atoms with Gasteiger partial charge in [0, 0.05) is 6.54 Å². The lowest BCUT2D eigenvalue weighted by Crippen LogP contribution is -1.91. The minimum absolute atomic E-state index is 0.583. The van der Waals surface area contributed by atoms with Crippen LogP contribution in [0.25, 0.3) is 0 Å². The number of nitrogens with zero attached hydrogens (tertiary/aromatic N) is 2.